The molecular formula is C13H15N3O2S. The zero-order valence-electron chi connectivity index (χ0n) is 10.7. The van der Waals surface area contributed by atoms with Gasteiger partial charge in [0.25, 0.3) is 10.0 Å². The van der Waals surface area contributed by atoms with Crippen LogP contribution in [0.4, 0.5) is 11.4 Å². The highest BCUT2D eigenvalue weighted by Crippen LogP contribution is 2.22. The van der Waals surface area contributed by atoms with Crippen molar-refractivity contribution in [2.24, 2.45) is 0 Å². The molecule has 0 spiro atoms. The number of pyridine rings is 1. The first-order valence-electron chi connectivity index (χ1n) is 5.70. The van der Waals surface area contributed by atoms with Gasteiger partial charge in [0.05, 0.1) is 16.8 Å². The molecule has 2 rings (SSSR count). The lowest BCUT2D eigenvalue weighted by Gasteiger charge is -2.11. The Morgan fingerprint density at radius 3 is 2.63 bits per heavy atom. The molecule has 0 amide bonds. The van der Waals surface area contributed by atoms with Crippen LogP contribution in [0, 0.1) is 13.8 Å². The molecule has 2 aromatic rings. The van der Waals surface area contributed by atoms with Gasteiger partial charge in [0.15, 0.2) is 0 Å². The summed E-state index contributed by atoms with van der Waals surface area (Å²) >= 11 is 0. The van der Waals surface area contributed by atoms with Crippen LogP contribution in [0.2, 0.25) is 0 Å². The topological polar surface area (TPSA) is 85.1 Å². The van der Waals surface area contributed by atoms with E-state index in [-0.39, 0.29) is 4.90 Å². The number of nitrogens with two attached hydrogens (primary N) is 1. The fourth-order valence-electron chi connectivity index (χ4n) is 1.74. The molecule has 1 aromatic carbocycles. The maximum Gasteiger partial charge on any atom is 0.262 e. The molecule has 0 radical (unpaired) electrons. The molecule has 6 heteroatoms. The van der Waals surface area contributed by atoms with E-state index in [1.165, 1.54) is 12.3 Å². The molecule has 0 aliphatic carbocycles. The largest absolute Gasteiger partial charge is 0.398 e. The van der Waals surface area contributed by atoms with Crippen molar-refractivity contribution in [2.45, 2.75) is 18.7 Å². The molecule has 3 N–H and O–H groups in total. The highest BCUT2D eigenvalue weighted by Gasteiger charge is 2.18. The van der Waals surface area contributed by atoms with Gasteiger partial charge < -0.3 is 5.73 Å². The van der Waals surface area contributed by atoms with Crippen molar-refractivity contribution in [3.8, 4) is 0 Å². The minimum Gasteiger partial charge on any atom is -0.398 e. The number of hydrogen-bond acceptors (Lipinski definition) is 4. The summed E-state index contributed by atoms with van der Waals surface area (Å²) in [7, 11) is -3.65. The Kier molecular flexibility index (Phi) is 3.44. The van der Waals surface area contributed by atoms with E-state index < -0.39 is 10.0 Å². The Morgan fingerprint density at radius 1 is 1.21 bits per heavy atom. The normalized spacial score (nSPS) is 11.3. The Balaban J connectivity index is 2.41. The van der Waals surface area contributed by atoms with E-state index in [2.05, 4.69) is 9.71 Å². The highest BCUT2D eigenvalue weighted by atomic mass is 32.2. The van der Waals surface area contributed by atoms with Gasteiger partial charge in [-0.3, -0.25) is 9.71 Å². The summed E-state index contributed by atoms with van der Waals surface area (Å²) in [4.78, 5) is 4.13. The predicted molar refractivity (Wildman–Crippen MR) is 75.4 cm³/mol. The number of nitrogens with one attached hydrogen (secondary N) is 1. The first-order valence-corrected chi connectivity index (χ1v) is 7.18. The van der Waals surface area contributed by atoms with Gasteiger partial charge in [-0.25, -0.2) is 8.42 Å². The fourth-order valence-corrected chi connectivity index (χ4v) is 3.05. The van der Waals surface area contributed by atoms with Crippen LogP contribution in [0.1, 0.15) is 11.1 Å². The minimum absolute atomic E-state index is 0.175. The second kappa shape index (κ2) is 4.89. The third-order valence-electron chi connectivity index (χ3n) is 2.74. The number of nitrogen functional groups attached to an aromatic ring is 1. The molecule has 0 unspecified atom stereocenters. The van der Waals surface area contributed by atoms with E-state index in [1.54, 1.807) is 31.3 Å². The Morgan fingerprint density at radius 2 is 1.95 bits per heavy atom. The van der Waals surface area contributed by atoms with Crippen LogP contribution >= 0.6 is 0 Å². The van der Waals surface area contributed by atoms with Crippen LogP contribution in [0.3, 0.4) is 0 Å². The summed E-state index contributed by atoms with van der Waals surface area (Å²) < 4.78 is 27.1. The molecule has 0 saturated heterocycles. The average Bonchev–Trinajstić information content (AvgIpc) is 2.32. The van der Waals surface area contributed by atoms with Crippen LogP contribution in [0.25, 0.3) is 0 Å². The van der Waals surface area contributed by atoms with Crippen LogP contribution < -0.4 is 10.5 Å². The number of anilines is 2. The first kappa shape index (κ1) is 13.4. The molecule has 0 atom stereocenters. The lowest BCUT2D eigenvalue weighted by molar-refractivity contribution is 0.600. The summed E-state index contributed by atoms with van der Waals surface area (Å²) in [6.45, 7) is 3.52. The van der Waals surface area contributed by atoms with E-state index in [9.17, 15) is 8.42 Å². The second-order valence-corrected chi connectivity index (χ2v) is 5.98. The maximum atomic E-state index is 12.3. The Bertz CT molecular complexity index is 712. The maximum absolute atomic E-state index is 12.3. The van der Waals surface area contributed by atoms with Crippen molar-refractivity contribution in [3.63, 3.8) is 0 Å². The molecule has 0 aliphatic heterocycles. The van der Waals surface area contributed by atoms with Crippen molar-refractivity contribution < 1.29 is 8.42 Å². The third kappa shape index (κ3) is 2.85. The third-order valence-corrected chi connectivity index (χ3v) is 4.27. The zero-order chi connectivity index (χ0) is 14.0. The van der Waals surface area contributed by atoms with E-state index in [4.69, 9.17) is 5.73 Å². The van der Waals surface area contributed by atoms with Crippen molar-refractivity contribution in [2.75, 3.05) is 10.5 Å². The lowest BCUT2D eigenvalue weighted by atomic mass is 10.2. The van der Waals surface area contributed by atoms with Crippen molar-refractivity contribution >= 4 is 21.4 Å². The number of benzene rings is 1. The summed E-state index contributed by atoms with van der Waals surface area (Å²) in [5, 5.41) is 0. The van der Waals surface area contributed by atoms with Gasteiger partial charge in [0, 0.05) is 11.9 Å². The number of sulfonamides is 1. The average molecular weight is 277 g/mol. The van der Waals surface area contributed by atoms with Gasteiger partial charge in [-0.1, -0.05) is 6.07 Å². The standard InChI is InChI=1S/C13H15N3O2S/c1-9-6-11(8-15-7-9)16-19(17,18)13-5-3-4-12(14)10(13)2/h3-8,16H,14H2,1-2H3. The van der Waals surface area contributed by atoms with E-state index in [0.717, 1.165) is 5.56 Å². The smallest absolute Gasteiger partial charge is 0.262 e. The lowest BCUT2D eigenvalue weighted by Crippen LogP contribution is -2.15. The molecule has 0 aliphatic rings. The quantitative estimate of drug-likeness (QED) is 0.841. The number of aromatic nitrogens is 1. The predicted octanol–water partition coefficient (Wildman–Crippen LogP) is 2.08. The van der Waals surface area contributed by atoms with Crippen LogP contribution in [-0.2, 0) is 10.0 Å². The van der Waals surface area contributed by atoms with Gasteiger partial charge in [0.1, 0.15) is 0 Å². The highest BCUT2D eigenvalue weighted by molar-refractivity contribution is 7.92. The molecule has 0 saturated carbocycles. The van der Waals surface area contributed by atoms with E-state index in [1.807, 2.05) is 6.92 Å². The van der Waals surface area contributed by atoms with Gasteiger partial charge in [-0.05, 0) is 43.2 Å². The van der Waals surface area contributed by atoms with Crippen molar-refractivity contribution in [3.05, 3.63) is 47.8 Å². The minimum atomic E-state index is -3.65. The second-order valence-electron chi connectivity index (χ2n) is 4.33. The summed E-state index contributed by atoms with van der Waals surface area (Å²) in [6, 6.07) is 6.53. The zero-order valence-corrected chi connectivity index (χ0v) is 11.5. The summed E-state index contributed by atoms with van der Waals surface area (Å²) in [5.74, 6) is 0. The fraction of sp³-hybridized carbons (Fsp3) is 0.154. The molecule has 5 nitrogen and oxygen atoms in total. The molecule has 19 heavy (non-hydrogen) atoms. The van der Waals surface area contributed by atoms with E-state index in [0.29, 0.717) is 16.9 Å². The molecule has 1 aromatic heterocycles. The van der Waals surface area contributed by atoms with E-state index >= 15 is 0 Å². The van der Waals surface area contributed by atoms with Crippen LogP contribution in [0.15, 0.2) is 41.6 Å². The molecule has 0 fully saturated rings. The summed E-state index contributed by atoms with van der Waals surface area (Å²) in [5.41, 5.74) is 8.03. The van der Waals surface area contributed by atoms with Gasteiger partial charge in [-0.2, -0.15) is 0 Å². The van der Waals surface area contributed by atoms with Crippen LogP contribution in [-0.4, -0.2) is 13.4 Å². The van der Waals surface area contributed by atoms with Crippen molar-refractivity contribution in [1.29, 1.82) is 0 Å². The van der Waals surface area contributed by atoms with Gasteiger partial charge in [0.2, 0.25) is 0 Å². The number of rotatable bonds is 3. The molecule has 0 bridgehead atoms. The van der Waals surface area contributed by atoms with Gasteiger partial charge >= 0.3 is 0 Å². The number of nitrogens with zero attached hydrogens (tertiary/aromatic N) is 1. The summed E-state index contributed by atoms with van der Waals surface area (Å²) in [6.07, 6.45) is 3.12. The Labute approximate surface area is 112 Å². The molecular weight excluding hydrogens is 262 g/mol. The Hall–Kier alpha value is -2.08. The SMILES string of the molecule is Cc1cncc(NS(=O)(=O)c2cccc(N)c2C)c1. The molecule has 1 heterocycles. The van der Waals surface area contributed by atoms with Gasteiger partial charge in [-0.15, -0.1) is 0 Å². The van der Waals surface area contributed by atoms with Crippen molar-refractivity contribution in [1.82, 2.24) is 4.98 Å². The number of aryl methyl sites for hydroxylation is 1. The first-order chi connectivity index (χ1) is 8.90. The monoisotopic (exact) mass is 277 g/mol. The number of hydrogen-bond donors (Lipinski definition) is 2. The van der Waals surface area contributed by atoms with Crippen LogP contribution in [0.5, 0.6) is 0 Å². The molecule has 100 valence electrons.